The molecule has 0 radical (unpaired) electrons. The van der Waals surface area contributed by atoms with Crippen molar-refractivity contribution in [2.24, 2.45) is 0 Å². The number of aromatic nitrogens is 3. The summed E-state index contributed by atoms with van der Waals surface area (Å²) in [5.74, 6) is 0.443. The summed E-state index contributed by atoms with van der Waals surface area (Å²) < 4.78 is 7.29. The molecule has 0 saturated carbocycles. The highest BCUT2D eigenvalue weighted by atomic mass is 35.5. The summed E-state index contributed by atoms with van der Waals surface area (Å²) >= 11 is 6.06. The van der Waals surface area contributed by atoms with Crippen LogP contribution in [0.1, 0.15) is 19.8 Å². The molecule has 0 atom stereocenters. The predicted molar refractivity (Wildman–Crippen MR) is 110 cm³/mol. The SMILES string of the molecule is CCCOCCn1c(=O)c(N2CCCN(CCO)CC2)nc2cnc(Cl)cc21. The van der Waals surface area contributed by atoms with Gasteiger partial charge in [0.05, 0.1) is 24.9 Å². The maximum atomic E-state index is 13.3. The van der Waals surface area contributed by atoms with E-state index in [9.17, 15) is 9.90 Å². The molecule has 0 amide bonds. The minimum absolute atomic E-state index is 0.134. The highest BCUT2D eigenvalue weighted by Gasteiger charge is 2.21. The molecule has 1 fully saturated rings. The number of hydrogen-bond donors (Lipinski definition) is 1. The molecule has 1 N–H and O–H groups in total. The van der Waals surface area contributed by atoms with E-state index in [-0.39, 0.29) is 12.2 Å². The highest BCUT2D eigenvalue weighted by molar-refractivity contribution is 6.29. The number of hydrogen-bond acceptors (Lipinski definition) is 7. The Balaban J connectivity index is 1.92. The van der Waals surface area contributed by atoms with E-state index in [4.69, 9.17) is 16.3 Å². The number of pyridine rings is 1. The van der Waals surface area contributed by atoms with Crippen LogP contribution in [0.4, 0.5) is 5.82 Å². The second kappa shape index (κ2) is 10.2. The molecule has 9 heteroatoms. The van der Waals surface area contributed by atoms with Crippen LogP contribution in [0.5, 0.6) is 0 Å². The zero-order valence-electron chi connectivity index (χ0n) is 16.3. The maximum absolute atomic E-state index is 13.3. The van der Waals surface area contributed by atoms with Crippen molar-refractivity contribution < 1.29 is 9.84 Å². The molecule has 0 unspecified atom stereocenters. The van der Waals surface area contributed by atoms with Crippen LogP contribution >= 0.6 is 11.6 Å². The fraction of sp³-hybridized carbons (Fsp3) is 0.632. The number of aliphatic hydroxyl groups is 1. The van der Waals surface area contributed by atoms with Crippen LogP contribution in [0.2, 0.25) is 5.15 Å². The molecule has 154 valence electrons. The normalized spacial score (nSPS) is 15.9. The lowest BCUT2D eigenvalue weighted by Crippen LogP contribution is -2.37. The zero-order valence-corrected chi connectivity index (χ0v) is 17.1. The molecule has 1 aliphatic rings. The third-order valence-corrected chi connectivity index (χ3v) is 5.10. The molecule has 3 rings (SSSR count). The predicted octanol–water partition coefficient (Wildman–Crippen LogP) is 1.38. The van der Waals surface area contributed by atoms with E-state index in [0.29, 0.717) is 54.9 Å². The Labute approximate surface area is 169 Å². The van der Waals surface area contributed by atoms with Crippen molar-refractivity contribution >= 4 is 28.5 Å². The number of ether oxygens (including phenoxy) is 1. The summed E-state index contributed by atoms with van der Waals surface area (Å²) in [6.45, 7) is 7.55. The van der Waals surface area contributed by atoms with Crippen molar-refractivity contribution in [3.8, 4) is 0 Å². The van der Waals surface area contributed by atoms with Crippen LogP contribution in [-0.4, -0.2) is 77.1 Å². The molecule has 0 spiro atoms. The number of rotatable bonds is 8. The van der Waals surface area contributed by atoms with E-state index in [1.165, 1.54) is 0 Å². The van der Waals surface area contributed by atoms with Crippen molar-refractivity contribution in [3.05, 3.63) is 27.8 Å². The maximum Gasteiger partial charge on any atom is 0.294 e. The Morgan fingerprint density at radius 2 is 2.07 bits per heavy atom. The molecule has 1 saturated heterocycles. The van der Waals surface area contributed by atoms with Gasteiger partial charge in [-0.3, -0.25) is 9.69 Å². The first kappa shape index (κ1) is 21.0. The van der Waals surface area contributed by atoms with Crippen LogP contribution < -0.4 is 10.5 Å². The largest absolute Gasteiger partial charge is 0.395 e. The first-order valence-electron chi connectivity index (χ1n) is 9.86. The van der Waals surface area contributed by atoms with Gasteiger partial charge in [-0.2, -0.15) is 0 Å². The molecular weight excluding hydrogens is 382 g/mol. The molecule has 1 aliphatic heterocycles. The third-order valence-electron chi connectivity index (χ3n) is 4.89. The van der Waals surface area contributed by atoms with Crippen LogP contribution in [0.15, 0.2) is 17.1 Å². The second-order valence-corrected chi connectivity index (χ2v) is 7.29. The second-order valence-electron chi connectivity index (χ2n) is 6.91. The molecule has 0 bridgehead atoms. The van der Waals surface area contributed by atoms with Gasteiger partial charge in [-0.1, -0.05) is 18.5 Å². The summed E-state index contributed by atoms with van der Waals surface area (Å²) in [6.07, 6.45) is 3.46. The number of aliphatic hydroxyl groups excluding tert-OH is 1. The summed E-state index contributed by atoms with van der Waals surface area (Å²) in [7, 11) is 0. The van der Waals surface area contributed by atoms with Gasteiger partial charge in [0.1, 0.15) is 10.7 Å². The van der Waals surface area contributed by atoms with Crippen molar-refractivity contribution in [2.45, 2.75) is 26.3 Å². The minimum Gasteiger partial charge on any atom is -0.395 e. The van der Waals surface area contributed by atoms with Crippen molar-refractivity contribution in [1.29, 1.82) is 0 Å². The topological polar surface area (TPSA) is 83.7 Å². The first-order chi connectivity index (χ1) is 13.6. The van der Waals surface area contributed by atoms with Gasteiger partial charge in [0.15, 0.2) is 5.82 Å². The summed E-state index contributed by atoms with van der Waals surface area (Å²) in [6, 6.07) is 1.68. The highest BCUT2D eigenvalue weighted by Crippen LogP contribution is 2.18. The summed E-state index contributed by atoms with van der Waals surface area (Å²) in [5.41, 5.74) is 1.18. The van der Waals surface area contributed by atoms with E-state index >= 15 is 0 Å². The molecule has 2 aromatic rings. The third kappa shape index (κ3) is 5.00. The molecule has 0 aromatic carbocycles. The van der Waals surface area contributed by atoms with Crippen LogP contribution in [-0.2, 0) is 11.3 Å². The number of fused-ring (bicyclic) bond motifs is 1. The molecule has 8 nitrogen and oxygen atoms in total. The van der Waals surface area contributed by atoms with Gasteiger partial charge in [-0.25, -0.2) is 9.97 Å². The lowest BCUT2D eigenvalue weighted by Gasteiger charge is -2.23. The molecule has 0 aliphatic carbocycles. The summed E-state index contributed by atoms with van der Waals surface area (Å²) in [4.78, 5) is 26.3. The monoisotopic (exact) mass is 409 g/mol. The van der Waals surface area contributed by atoms with E-state index in [2.05, 4.69) is 21.8 Å². The number of anilines is 1. The minimum atomic E-state index is -0.134. The molecule has 2 aromatic heterocycles. The zero-order chi connectivity index (χ0) is 19.9. The van der Waals surface area contributed by atoms with Gasteiger partial charge >= 0.3 is 0 Å². The van der Waals surface area contributed by atoms with Crippen molar-refractivity contribution in [1.82, 2.24) is 19.4 Å². The molecule has 28 heavy (non-hydrogen) atoms. The fourth-order valence-electron chi connectivity index (χ4n) is 3.49. The molecule has 3 heterocycles. The number of β-amino-alcohol motifs (C(OH)–C–C–N with tert-alkyl or cyclic N) is 1. The Bertz CT molecular complexity index is 844. The van der Waals surface area contributed by atoms with Gasteiger partial charge < -0.3 is 19.3 Å². The first-order valence-corrected chi connectivity index (χ1v) is 10.2. The Hall–Kier alpha value is -1.74. The smallest absolute Gasteiger partial charge is 0.294 e. The average molecular weight is 410 g/mol. The average Bonchev–Trinajstić information content (AvgIpc) is 2.92. The standard InChI is InChI=1S/C19H28ClN5O3/c1-2-11-28-12-9-25-16-13-17(20)21-14-15(16)22-18(19(25)27)24-5-3-4-23(6-7-24)8-10-26/h13-14,26H,2-12H2,1H3. The fourth-order valence-corrected chi connectivity index (χ4v) is 3.64. The van der Waals surface area contributed by atoms with E-state index in [1.807, 2.05) is 4.90 Å². The van der Waals surface area contributed by atoms with Crippen LogP contribution in [0, 0.1) is 0 Å². The van der Waals surface area contributed by atoms with Crippen molar-refractivity contribution in [3.63, 3.8) is 0 Å². The van der Waals surface area contributed by atoms with Crippen molar-refractivity contribution in [2.75, 3.05) is 57.4 Å². The Morgan fingerprint density at radius 1 is 1.21 bits per heavy atom. The van der Waals surface area contributed by atoms with Crippen LogP contribution in [0.25, 0.3) is 11.0 Å². The number of halogens is 1. The van der Waals surface area contributed by atoms with Crippen LogP contribution in [0.3, 0.4) is 0 Å². The van der Waals surface area contributed by atoms with Gasteiger partial charge in [0.2, 0.25) is 0 Å². The lowest BCUT2D eigenvalue weighted by atomic mass is 10.3. The van der Waals surface area contributed by atoms with Gasteiger partial charge in [0.25, 0.3) is 5.56 Å². The van der Waals surface area contributed by atoms with E-state index < -0.39 is 0 Å². The molecular formula is C19H28ClN5O3. The lowest BCUT2D eigenvalue weighted by molar-refractivity contribution is 0.127. The van der Waals surface area contributed by atoms with E-state index in [1.54, 1.807) is 16.8 Å². The van der Waals surface area contributed by atoms with Gasteiger partial charge in [0, 0.05) is 45.4 Å². The Morgan fingerprint density at radius 3 is 2.86 bits per heavy atom. The van der Waals surface area contributed by atoms with E-state index in [0.717, 1.165) is 32.5 Å². The van der Waals surface area contributed by atoms with Gasteiger partial charge in [-0.15, -0.1) is 0 Å². The number of nitrogens with zero attached hydrogens (tertiary/aromatic N) is 5. The summed E-state index contributed by atoms with van der Waals surface area (Å²) in [5, 5.41) is 9.52. The quantitative estimate of drug-likeness (QED) is 0.520. The van der Waals surface area contributed by atoms with Gasteiger partial charge in [-0.05, 0) is 19.4 Å². The Kier molecular flexibility index (Phi) is 7.61.